The van der Waals surface area contributed by atoms with Crippen molar-refractivity contribution in [1.29, 1.82) is 0 Å². The molecule has 0 aliphatic heterocycles. The molecule has 0 spiro atoms. The second kappa shape index (κ2) is 7.81. The Morgan fingerprint density at radius 2 is 1.85 bits per heavy atom. The summed E-state index contributed by atoms with van der Waals surface area (Å²) in [6.45, 7) is 1.32. The fourth-order valence-electron chi connectivity index (χ4n) is 2.29. The van der Waals surface area contributed by atoms with Crippen LogP contribution in [-0.2, 0) is 4.79 Å². The predicted octanol–water partition coefficient (Wildman–Crippen LogP) is 4.95. The number of anilines is 2. The molecule has 0 unspecified atom stereocenters. The minimum absolute atomic E-state index is 0.180. The smallest absolute Gasteiger partial charge is 0.260 e. The monoisotopic (exact) mass is 407 g/mol. The van der Waals surface area contributed by atoms with Crippen molar-refractivity contribution < 1.29 is 18.4 Å². The van der Waals surface area contributed by atoms with Crippen LogP contribution < -0.4 is 10.6 Å². The fourth-order valence-corrected chi connectivity index (χ4v) is 3.17. The van der Waals surface area contributed by atoms with E-state index in [0.717, 1.165) is 17.4 Å². The number of rotatable bonds is 4. The number of carbonyl (C=O) groups excluding carboxylic acids is 2. The number of halogens is 3. The summed E-state index contributed by atoms with van der Waals surface area (Å²) >= 11 is 6.85. The molecule has 0 aliphatic carbocycles. The lowest BCUT2D eigenvalue weighted by Gasteiger charge is -2.05. The zero-order valence-corrected chi connectivity index (χ0v) is 15.4. The molecule has 0 fully saturated rings. The lowest BCUT2D eigenvalue weighted by atomic mass is 10.1. The van der Waals surface area contributed by atoms with Crippen molar-refractivity contribution in [2.24, 2.45) is 0 Å². The van der Waals surface area contributed by atoms with Gasteiger partial charge in [-0.25, -0.2) is 13.8 Å². The molecule has 2 amide bonds. The highest BCUT2D eigenvalue weighted by molar-refractivity contribution is 7.14. The van der Waals surface area contributed by atoms with Crippen LogP contribution in [0.15, 0.2) is 41.8 Å². The Bertz CT molecular complexity index is 1040. The van der Waals surface area contributed by atoms with Gasteiger partial charge >= 0.3 is 0 Å². The van der Waals surface area contributed by atoms with Crippen molar-refractivity contribution in [3.63, 3.8) is 0 Å². The third-order valence-corrected chi connectivity index (χ3v) is 4.46. The van der Waals surface area contributed by atoms with E-state index in [-0.39, 0.29) is 27.2 Å². The summed E-state index contributed by atoms with van der Waals surface area (Å²) in [6.07, 6.45) is 0. The van der Waals surface area contributed by atoms with Gasteiger partial charge in [0.25, 0.3) is 5.91 Å². The topological polar surface area (TPSA) is 71.1 Å². The Hall–Kier alpha value is -2.84. The molecule has 27 heavy (non-hydrogen) atoms. The summed E-state index contributed by atoms with van der Waals surface area (Å²) in [7, 11) is 0. The number of benzene rings is 2. The molecule has 2 aromatic carbocycles. The molecule has 9 heteroatoms. The summed E-state index contributed by atoms with van der Waals surface area (Å²) in [5.74, 6) is -2.31. The van der Waals surface area contributed by atoms with Gasteiger partial charge in [-0.05, 0) is 36.4 Å². The van der Waals surface area contributed by atoms with Gasteiger partial charge in [-0.15, -0.1) is 11.3 Å². The normalized spacial score (nSPS) is 10.5. The maximum atomic E-state index is 14.3. The van der Waals surface area contributed by atoms with Gasteiger partial charge in [0.1, 0.15) is 11.6 Å². The Labute approximate surface area is 162 Å². The van der Waals surface area contributed by atoms with E-state index < -0.39 is 17.5 Å². The molecule has 0 saturated heterocycles. The van der Waals surface area contributed by atoms with Gasteiger partial charge < -0.3 is 5.32 Å². The second-order valence-corrected chi connectivity index (χ2v) is 6.79. The zero-order chi connectivity index (χ0) is 19.6. The van der Waals surface area contributed by atoms with Gasteiger partial charge in [-0.2, -0.15) is 0 Å². The Balaban J connectivity index is 1.80. The van der Waals surface area contributed by atoms with Crippen LogP contribution in [0, 0.1) is 11.6 Å². The molecule has 138 valence electrons. The summed E-state index contributed by atoms with van der Waals surface area (Å²) in [5.41, 5.74) is 0.609. The Morgan fingerprint density at radius 3 is 2.56 bits per heavy atom. The van der Waals surface area contributed by atoms with Crippen LogP contribution in [-0.4, -0.2) is 16.8 Å². The molecule has 3 rings (SSSR count). The molecule has 0 radical (unpaired) electrons. The van der Waals surface area contributed by atoms with Gasteiger partial charge in [0.05, 0.1) is 11.3 Å². The van der Waals surface area contributed by atoms with Crippen molar-refractivity contribution in [3.05, 3.63) is 64.0 Å². The highest BCUT2D eigenvalue weighted by Gasteiger charge is 2.16. The van der Waals surface area contributed by atoms with Crippen molar-refractivity contribution in [2.75, 3.05) is 10.6 Å². The minimum atomic E-state index is -0.715. The van der Waals surface area contributed by atoms with Crippen molar-refractivity contribution in [2.45, 2.75) is 6.92 Å². The number of aromatic nitrogens is 1. The van der Waals surface area contributed by atoms with Crippen molar-refractivity contribution in [1.82, 2.24) is 4.98 Å². The molecule has 0 bridgehead atoms. The average molecular weight is 408 g/mol. The molecule has 0 saturated carbocycles. The van der Waals surface area contributed by atoms with Gasteiger partial charge in [0.15, 0.2) is 5.13 Å². The van der Waals surface area contributed by atoms with E-state index in [9.17, 15) is 18.4 Å². The number of amides is 2. The quantitative estimate of drug-likeness (QED) is 0.642. The van der Waals surface area contributed by atoms with E-state index in [4.69, 9.17) is 11.6 Å². The molecule has 3 aromatic rings. The third kappa shape index (κ3) is 4.47. The molecule has 1 heterocycles. The third-order valence-electron chi connectivity index (χ3n) is 3.46. The number of nitrogens with one attached hydrogen (secondary N) is 2. The SMILES string of the molecule is CC(=O)Nc1ccc(-c2csc(NC(=O)c3cc(Cl)ccc3F)n2)c(F)c1. The summed E-state index contributed by atoms with van der Waals surface area (Å²) in [5, 5.41) is 6.91. The molecule has 5 nitrogen and oxygen atoms in total. The van der Waals surface area contributed by atoms with E-state index in [1.807, 2.05) is 0 Å². The zero-order valence-electron chi connectivity index (χ0n) is 13.8. The summed E-state index contributed by atoms with van der Waals surface area (Å²) in [6, 6.07) is 7.83. The molecule has 2 N–H and O–H groups in total. The van der Waals surface area contributed by atoms with Crippen molar-refractivity contribution >= 4 is 45.6 Å². The van der Waals surface area contributed by atoms with E-state index in [1.165, 1.54) is 31.2 Å². The first kappa shape index (κ1) is 18.9. The lowest BCUT2D eigenvalue weighted by Crippen LogP contribution is -2.13. The number of carbonyl (C=O) groups is 2. The lowest BCUT2D eigenvalue weighted by molar-refractivity contribution is -0.114. The Morgan fingerprint density at radius 1 is 1.07 bits per heavy atom. The van der Waals surface area contributed by atoms with Gasteiger partial charge in [0, 0.05) is 28.6 Å². The molecular formula is C18H12ClF2N3O2S. The first-order chi connectivity index (χ1) is 12.8. The highest BCUT2D eigenvalue weighted by Crippen LogP contribution is 2.29. The van der Waals surface area contributed by atoms with Crippen LogP contribution in [0.5, 0.6) is 0 Å². The maximum absolute atomic E-state index is 14.3. The minimum Gasteiger partial charge on any atom is -0.326 e. The highest BCUT2D eigenvalue weighted by atomic mass is 35.5. The van der Waals surface area contributed by atoms with Crippen LogP contribution >= 0.6 is 22.9 Å². The van der Waals surface area contributed by atoms with E-state index >= 15 is 0 Å². The first-order valence-electron chi connectivity index (χ1n) is 7.63. The van der Waals surface area contributed by atoms with Crippen molar-refractivity contribution in [3.8, 4) is 11.3 Å². The Kier molecular flexibility index (Phi) is 5.48. The van der Waals surface area contributed by atoms with E-state index in [0.29, 0.717) is 11.4 Å². The van der Waals surface area contributed by atoms with Gasteiger partial charge in [-0.1, -0.05) is 11.6 Å². The molecular weight excluding hydrogens is 396 g/mol. The molecule has 0 aliphatic rings. The largest absolute Gasteiger partial charge is 0.326 e. The average Bonchev–Trinajstić information content (AvgIpc) is 3.04. The van der Waals surface area contributed by atoms with Crippen LogP contribution in [0.25, 0.3) is 11.3 Å². The number of hydrogen-bond acceptors (Lipinski definition) is 4. The molecule has 0 atom stereocenters. The maximum Gasteiger partial charge on any atom is 0.260 e. The van der Waals surface area contributed by atoms with E-state index in [2.05, 4.69) is 15.6 Å². The number of thiazole rings is 1. The molecule has 1 aromatic heterocycles. The van der Waals surface area contributed by atoms with Gasteiger partial charge in [-0.3, -0.25) is 14.9 Å². The summed E-state index contributed by atoms with van der Waals surface area (Å²) < 4.78 is 28.0. The standard InChI is InChI=1S/C18H12ClF2N3O2S/c1-9(25)22-11-3-4-12(15(21)7-11)16-8-27-18(23-16)24-17(26)13-6-10(19)2-5-14(13)20/h2-8H,1H3,(H,22,25)(H,23,24,26). The second-order valence-electron chi connectivity index (χ2n) is 5.49. The number of nitrogens with zero attached hydrogens (tertiary/aromatic N) is 1. The van der Waals surface area contributed by atoms with Crippen LogP contribution in [0.4, 0.5) is 19.6 Å². The van der Waals surface area contributed by atoms with Crippen LogP contribution in [0.1, 0.15) is 17.3 Å². The first-order valence-corrected chi connectivity index (χ1v) is 8.88. The fraction of sp³-hybridized carbons (Fsp3) is 0.0556. The van der Waals surface area contributed by atoms with Crippen LogP contribution in [0.3, 0.4) is 0 Å². The van der Waals surface area contributed by atoms with Gasteiger partial charge in [0.2, 0.25) is 5.91 Å². The van der Waals surface area contributed by atoms with Crippen LogP contribution in [0.2, 0.25) is 5.02 Å². The van der Waals surface area contributed by atoms with E-state index in [1.54, 1.807) is 11.4 Å². The predicted molar refractivity (Wildman–Crippen MR) is 101 cm³/mol. The number of hydrogen-bond donors (Lipinski definition) is 2. The summed E-state index contributed by atoms with van der Waals surface area (Å²) in [4.78, 5) is 27.4.